The van der Waals surface area contributed by atoms with Gasteiger partial charge in [-0.1, -0.05) is 25.4 Å². The molecule has 1 aliphatic heterocycles. The lowest BCUT2D eigenvalue weighted by atomic mass is 9.88. The number of halogens is 1. The van der Waals surface area contributed by atoms with E-state index in [-0.39, 0.29) is 18.2 Å². The number of β-lactam (4-membered cyclic amide) rings is 1. The van der Waals surface area contributed by atoms with Gasteiger partial charge in [0, 0.05) is 12.1 Å². The monoisotopic (exact) mass is 442 g/mol. The summed E-state index contributed by atoms with van der Waals surface area (Å²) in [5.41, 5.74) is -0.395. The number of ether oxygens (including phenoxy) is 3. The zero-order valence-electron chi connectivity index (χ0n) is 16.9. The number of likely N-dealkylation sites (tertiary alicyclic amines) is 1. The molecule has 0 saturated carbocycles. The quantitative estimate of drug-likeness (QED) is 0.150. The molecule has 11 heteroatoms. The lowest BCUT2D eigenvalue weighted by Crippen LogP contribution is -2.68. The van der Waals surface area contributed by atoms with E-state index in [9.17, 15) is 24.5 Å². The van der Waals surface area contributed by atoms with Gasteiger partial charge in [0.25, 0.3) is 5.69 Å². The van der Waals surface area contributed by atoms with E-state index in [4.69, 9.17) is 25.8 Å². The number of alkyl halides is 1. The lowest BCUT2D eigenvalue weighted by Gasteiger charge is -2.49. The van der Waals surface area contributed by atoms with Crippen LogP contribution in [0.5, 0.6) is 0 Å². The van der Waals surface area contributed by atoms with Crippen molar-refractivity contribution in [3.8, 4) is 0 Å². The molecule has 0 bridgehead atoms. The minimum atomic E-state index is -1.01. The number of esters is 1. The molecule has 0 radical (unpaired) electrons. The average molecular weight is 443 g/mol. The van der Waals surface area contributed by atoms with Gasteiger partial charge in [0.15, 0.2) is 0 Å². The van der Waals surface area contributed by atoms with Crippen LogP contribution in [0.25, 0.3) is 0 Å². The molecule has 1 fully saturated rings. The normalized spacial score (nSPS) is 20.2. The molecular formula is C19H23ClN2O8. The van der Waals surface area contributed by atoms with Gasteiger partial charge in [-0.25, -0.2) is 9.59 Å². The smallest absolute Gasteiger partial charge is 0.467 e. The van der Waals surface area contributed by atoms with Gasteiger partial charge >= 0.3 is 12.1 Å². The number of carbonyl (C=O) groups excluding carboxylic acids is 3. The van der Waals surface area contributed by atoms with Gasteiger partial charge in [-0.3, -0.25) is 14.9 Å². The van der Waals surface area contributed by atoms with Crippen LogP contribution in [0.4, 0.5) is 10.5 Å². The van der Waals surface area contributed by atoms with E-state index in [1.807, 2.05) is 0 Å². The number of carbonyl (C=O) groups is 3. The van der Waals surface area contributed by atoms with E-state index in [1.165, 1.54) is 43.2 Å². The van der Waals surface area contributed by atoms with Gasteiger partial charge in [-0.15, -0.1) is 0 Å². The molecule has 1 aromatic rings. The number of nitro benzene ring substituents is 1. The highest BCUT2D eigenvalue weighted by molar-refractivity contribution is 6.25. The van der Waals surface area contributed by atoms with Crippen molar-refractivity contribution < 1.29 is 33.5 Å². The van der Waals surface area contributed by atoms with Crippen molar-refractivity contribution in [2.24, 2.45) is 11.8 Å². The molecule has 10 nitrogen and oxygen atoms in total. The van der Waals surface area contributed by atoms with Gasteiger partial charge in [0.2, 0.25) is 5.91 Å². The first-order valence-corrected chi connectivity index (χ1v) is 9.63. The van der Waals surface area contributed by atoms with Crippen LogP contribution in [0.2, 0.25) is 0 Å². The Bertz CT molecular complexity index is 813. The second-order valence-electron chi connectivity index (χ2n) is 7.14. The fourth-order valence-electron chi connectivity index (χ4n) is 3.16. The van der Waals surface area contributed by atoms with E-state index in [1.54, 1.807) is 13.8 Å². The Kier molecular flexibility index (Phi) is 7.60. The molecule has 1 heterocycles. The van der Waals surface area contributed by atoms with Crippen molar-refractivity contribution >= 4 is 35.3 Å². The number of non-ortho nitro benzene ring substituents is 1. The van der Waals surface area contributed by atoms with Crippen LogP contribution >= 0.6 is 11.6 Å². The van der Waals surface area contributed by atoms with Crippen LogP contribution in [0.1, 0.15) is 26.3 Å². The lowest BCUT2D eigenvalue weighted by molar-refractivity contribution is -0.384. The van der Waals surface area contributed by atoms with Crippen LogP contribution in [-0.4, -0.2) is 52.6 Å². The number of hydrogen-bond donors (Lipinski definition) is 0. The zero-order chi connectivity index (χ0) is 22.6. The van der Waals surface area contributed by atoms with Crippen LogP contribution in [0.3, 0.4) is 0 Å². The Labute approximate surface area is 178 Å². The predicted octanol–water partition coefficient (Wildman–Crippen LogP) is 2.86. The SMILES string of the molecule is COC(=O)C(C(C)C)N1C(=O)[C@H](C(C)OC(=O)OCc2ccc([N+](=O)[O-])cc2)C1Cl. The van der Waals surface area contributed by atoms with Gasteiger partial charge in [-0.05, 0) is 30.5 Å². The van der Waals surface area contributed by atoms with E-state index in [0.717, 1.165) is 0 Å². The molecule has 1 amide bonds. The number of amides is 1. The number of rotatable bonds is 8. The van der Waals surface area contributed by atoms with E-state index < -0.39 is 46.5 Å². The summed E-state index contributed by atoms with van der Waals surface area (Å²) in [4.78, 5) is 47.8. The topological polar surface area (TPSA) is 125 Å². The highest BCUT2D eigenvalue weighted by Gasteiger charge is 2.55. The highest BCUT2D eigenvalue weighted by atomic mass is 35.5. The molecule has 4 atom stereocenters. The zero-order valence-corrected chi connectivity index (χ0v) is 17.7. The Morgan fingerprint density at radius 2 is 1.83 bits per heavy atom. The third-order valence-electron chi connectivity index (χ3n) is 4.77. The van der Waals surface area contributed by atoms with Crippen molar-refractivity contribution in [3.05, 3.63) is 39.9 Å². The molecule has 30 heavy (non-hydrogen) atoms. The summed E-state index contributed by atoms with van der Waals surface area (Å²) in [6.45, 7) is 4.88. The molecule has 0 aliphatic carbocycles. The number of methoxy groups -OCH3 is 1. The molecule has 0 spiro atoms. The maximum atomic E-state index is 12.6. The van der Waals surface area contributed by atoms with Crippen LogP contribution < -0.4 is 0 Å². The first kappa shape index (κ1) is 23.4. The minimum absolute atomic E-state index is 0.0807. The number of hydrogen-bond acceptors (Lipinski definition) is 8. The van der Waals surface area contributed by atoms with Gasteiger partial charge in [-0.2, -0.15) is 0 Å². The fourth-order valence-corrected chi connectivity index (χ4v) is 3.69. The maximum absolute atomic E-state index is 12.6. The number of nitrogens with zero attached hydrogens (tertiary/aromatic N) is 2. The van der Waals surface area contributed by atoms with Crippen molar-refractivity contribution in [1.82, 2.24) is 4.90 Å². The molecular weight excluding hydrogens is 420 g/mol. The molecule has 1 saturated heterocycles. The van der Waals surface area contributed by atoms with E-state index in [2.05, 4.69) is 0 Å². The second kappa shape index (κ2) is 9.75. The van der Waals surface area contributed by atoms with E-state index in [0.29, 0.717) is 5.56 Å². The van der Waals surface area contributed by atoms with Crippen LogP contribution in [-0.2, 0) is 30.4 Å². The molecule has 164 valence electrons. The van der Waals surface area contributed by atoms with Gasteiger partial charge in [0.1, 0.15) is 30.2 Å². The molecule has 0 aromatic heterocycles. The maximum Gasteiger partial charge on any atom is 0.508 e. The minimum Gasteiger partial charge on any atom is -0.467 e. The summed E-state index contributed by atoms with van der Waals surface area (Å²) in [5, 5.41) is 10.6. The summed E-state index contributed by atoms with van der Waals surface area (Å²) in [5.74, 6) is -2.04. The predicted molar refractivity (Wildman–Crippen MR) is 104 cm³/mol. The van der Waals surface area contributed by atoms with Gasteiger partial charge in [0.05, 0.1) is 12.0 Å². The molecule has 3 unspecified atom stereocenters. The summed E-state index contributed by atoms with van der Waals surface area (Å²) >= 11 is 6.32. The average Bonchev–Trinajstić information content (AvgIpc) is 2.69. The highest BCUT2D eigenvalue weighted by Crippen LogP contribution is 2.37. The standard InChI is InChI=1S/C19H23ClN2O8/c1-10(2)15(18(24)28-4)21-16(20)14(17(21)23)11(3)30-19(25)29-9-12-5-7-13(8-6-12)22(26)27/h5-8,10-11,14-16H,9H2,1-4H3/t11?,14-,15?,16?/m1/s1. The molecule has 1 aliphatic rings. The molecule has 2 rings (SSSR count). The molecule has 1 aromatic carbocycles. The molecule has 0 N–H and O–H groups in total. The Balaban J connectivity index is 1.90. The van der Waals surface area contributed by atoms with Crippen LogP contribution in [0.15, 0.2) is 24.3 Å². The summed E-state index contributed by atoms with van der Waals surface area (Å²) in [7, 11) is 1.23. The Morgan fingerprint density at radius 3 is 2.30 bits per heavy atom. The van der Waals surface area contributed by atoms with Crippen molar-refractivity contribution in [2.45, 2.75) is 45.0 Å². The summed E-state index contributed by atoms with van der Waals surface area (Å²) in [6, 6.07) is 4.66. The van der Waals surface area contributed by atoms with E-state index >= 15 is 0 Å². The van der Waals surface area contributed by atoms with Crippen molar-refractivity contribution in [1.29, 1.82) is 0 Å². The summed E-state index contributed by atoms with van der Waals surface area (Å²) in [6.07, 6.45) is -1.89. The Morgan fingerprint density at radius 1 is 1.23 bits per heavy atom. The van der Waals surface area contributed by atoms with Gasteiger partial charge < -0.3 is 19.1 Å². The van der Waals surface area contributed by atoms with Crippen molar-refractivity contribution in [2.75, 3.05) is 7.11 Å². The number of benzene rings is 1. The first-order valence-electron chi connectivity index (χ1n) is 9.19. The third-order valence-corrected chi connectivity index (χ3v) is 5.25. The summed E-state index contributed by atoms with van der Waals surface area (Å²) < 4.78 is 14.9. The fraction of sp³-hybridized carbons (Fsp3) is 0.526. The van der Waals surface area contributed by atoms with Crippen molar-refractivity contribution in [3.63, 3.8) is 0 Å². The van der Waals surface area contributed by atoms with Crippen LogP contribution in [0, 0.1) is 22.0 Å². The Hall–Kier alpha value is -2.88. The first-order chi connectivity index (χ1) is 14.1. The third kappa shape index (κ3) is 4.99. The second-order valence-corrected chi connectivity index (χ2v) is 7.59. The number of nitro groups is 1. The largest absolute Gasteiger partial charge is 0.508 e.